The van der Waals surface area contributed by atoms with Gasteiger partial charge in [0.1, 0.15) is 18.2 Å². The van der Waals surface area contributed by atoms with Crippen LogP contribution in [0.3, 0.4) is 0 Å². The van der Waals surface area contributed by atoms with Gasteiger partial charge in [0.15, 0.2) is 0 Å². The van der Waals surface area contributed by atoms with Gasteiger partial charge in [0, 0.05) is 6.54 Å². The summed E-state index contributed by atoms with van der Waals surface area (Å²) in [5.41, 5.74) is 3.28. The first-order chi connectivity index (χ1) is 16.9. The minimum atomic E-state index is -0.917. The van der Waals surface area contributed by atoms with Crippen molar-refractivity contribution in [3.63, 3.8) is 0 Å². The van der Waals surface area contributed by atoms with Crippen molar-refractivity contribution in [3.05, 3.63) is 63.7 Å². The van der Waals surface area contributed by atoms with E-state index in [-0.39, 0.29) is 18.4 Å². The molecule has 0 bridgehead atoms. The van der Waals surface area contributed by atoms with Crippen LogP contribution in [0.2, 0.25) is 5.02 Å². The fourth-order valence-electron chi connectivity index (χ4n) is 3.79. The van der Waals surface area contributed by atoms with Crippen molar-refractivity contribution in [2.75, 3.05) is 18.4 Å². The Morgan fingerprint density at radius 1 is 1.03 bits per heavy atom. The number of nitrogens with zero attached hydrogens (tertiary/aromatic N) is 1. The lowest BCUT2D eigenvalue weighted by Gasteiger charge is -2.33. The number of hydrogen-bond donors (Lipinski definition) is 2. The van der Waals surface area contributed by atoms with E-state index < -0.39 is 17.7 Å². The normalized spacial score (nSPS) is 12.0. The van der Waals surface area contributed by atoms with Crippen molar-refractivity contribution in [2.45, 2.75) is 73.0 Å². The first-order valence-corrected chi connectivity index (χ1v) is 12.6. The summed E-state index contributed by atoms with van der Waals surface area (Å²) in [6, 6.07) is 10.2. The average molecular weight is 516 g/mol. The van der Waals surface area contributed by atoms with Gasteiger partial charge >= 0.3 is 6.09 Å². The van der Waals surface area contributed by atoms with E-state index in [9.17, 15) is 14.4 Å². The third-order valence-corrected chi connectivity index (χ3v) is 6.14. The number of benzene rings is 2. The average Bonchev–Trinajstić information content (AvgIpc) is 2.78. The van der Waals surface area contributed by atoms with Gasteiger partial charge in [-0.15, -0.1) is 0 Å². The molecule has 8 heteroatoms. The number of amides is 3. The third kappa shape index (κ3) is 7.98. The summed E-state index contributed by atoms with van der Waals surface area (Å²) < 4.78 is 5.27. The van der Waals surface area contributed by atoms with Crippen molar-refractivity contribution < 1.29 is 19.1 Å². The second-order valence-corrected chi connectivity index (χ2v) is 10.3. The van der Waals surface area contributed by atoms with Crippen molar-refractivity contribution in [3.8, 4) is 0 Å². The number of aryl methyl sites for hydroxylation is 2. The number of carbonyl (C=O) groups is 3. The number of unbranched alkanes of at least 4 members (excludes halogenated alkanes) is 1. The zero-order chi connectivity index (χ0) is 27.0. The van der Waals surface area contributed by atoms with E-state index in [1.54, 1.807) is 26.8 Å². The molecule has 0 radical (unpaired) electrons. The summed E-state index contributed by atoms with van der Waals surface area (Å²) in [7, 11) is 0. The molecule has 0 saturated heterocycles. The second-order valence-electron chi connectivity index (χ2n) is 9.91. The number of nitrogens with one attached hydrogen (secondary N) is 2. The highest BCUT2D eigenvalue weighted by atomic mass is 35.5. The quantitative estimate of drug-likeness (QED) is 0.422. The van der Waals surface area contributed by atoms with Crippen LogP contribution in [-0.4, -0.2) is 41.5 Å². The molecule has 0 heterocycles. The minimum absolute atomic E-state index is 0.293. The number of anilines is 1. The fraction of sp³-hybridized carbons (Fsp3) is 0.464. The zero-order valence-corrected chi connectivity index (χ0v) is 23.1. The van der Waals surface area contributed by atoms with Crippen LogP contribution in [0.1, 0.15) is 68.8 Å². The lowest BCUT2D eigenvalue weighted by atomic mass is 9.95. The van der Waals surface area contributed by atoms with Gasteiger partial charge in [-0.05, 0) is 76.3 Å². The van der Waals surface area contributed by atoms with E-state index in [0.29, 0.717) is 23.7 Å². The molecule has 1 atom stereocenters. The van der Waals surface area contributed by atoms with E-state index in [1.165, 1.54) is 4.90 Å². The Kier molecular flexibility index (Phi) is 10.3. The maximum Gasteiger partial charge on any atom is 0.408 e. The molecule has 2 rings (SSSR count). The van der Waals surface area contributed by atoms with Crippen LogP contribution >= 0.6 is 11.6 Å². The van der Waals surface area contributed by atoms with Crippen LogP contribution < -0.4 is 10.6 Å². The summed E-state index contributed by atoms with van der Waals surface area (Å²) >= 11 is 6.39. The molecule has 0 fully saturated rings. The number of hydrogen-bond acceptors (Lipinski definition) is 4. The first-order valence-electron chi connectivity index (χ1n) is 12.2. The van der Waals surface area contributed by atoms with E-state index in [1.807, 2.05) is 58.0 Å². The van der Waals surface area contributed by atoms with Crippen molar-refractivity contribution in [1.29, 1.82) is 0 Å². The molecule has 3 amide bonds. The molecule has 0 aliphatic heterocycles. The van der Waals surface area contributed by atoms with Crippen LogP contribution in [0.4, 0.5) is 10.5 Å². The Morgan fingerprint density at radius 3 is 2.28 bits per heavy atom. The standard InChI is InChI=1S/C28H38ClN3O4/c1-8-9-16-32(23(33)17-30-27(35)36-28(5,6)7)25(21-14-10-12-18(2)20(21)4)26(34)31-24-19(3)13-11-15-22(24)29/h10-15,25H,8-9,16-17H2,1-7H3,(H,30,35)(H,31,34). The van der Waals surface area contributed by atoms with E-state index in [2.05, 4.69) is 10.6 Å². The van der Waals surface area contributed by atoms with E-state index >= 15 is 0 Å². The summed E-state index contributed by atoms with van der Waals surface area (Å²) in [6.07, 6.45) is 0.831. The highest BCUT2D eigenvalue weighted by Crippen LogP contribution is 2.31. The van der Waals surface area contributed by atoms with Gasteiger partial charge in [-0.25, -0.2) is 4.79 Å². The van der Waals surface area contributed by atoms with E-state index in [4.69, 9.17) is 16.3 Å². The Labute approximate surface area is 219 Å². The molecule has 2 N–H and O–H groups in total. The maximum atomic E-state index is 13.8. The van der Waals surface area contributed by atoms with Crippen LogP contribution in [0.5, 0.6) is 0 Å². The molecule has 0 aromatic heterocycles. The summed E-state index contributed by atoms with van der Waals surface area (Å²) in [5.74, 6) is -0.757. The van der Waals surface area contributed by atoms with Crippen molar-refractivity contribution in [2.24, 2.45) is 0 Å². The number of carbonyl (C=O) groups excluding carboxylic acids is 3. The van der Waals surface area contributed by atoms with Gasteiger partial charge in [0.2, 0.25) is 5.91 Å². The van der Waals surface area contributed by atoms with Gasteiger partial charge in [-0.2, -0.15) is 0 Å². The lowest BCUT2D eigenvalue weighted by Crippen LogP contribution is -2.47. The van der Waals surface area contributed by atoms with Gasteiger partial charge < -0.3 is 20.3 Å². The zero-order valence-electron chi connectivity index (χ0n) is 22.3. The third-order valence-electron chi connectivity index (χ3n) is 5.83. The molecule has 1 unspecified atom stereocenters. The highest BCUT2D eigenvalue weighted by Gasteiger charge is 2.33. The highest BCUT2D eigenvalue weighted by molar-refractivity contribution is 6.34. The molecule has 2 aromatic rings. The van der Waals surface area contributed by atoms with Crippen molar-refractivity contribution >= 4 is 35.2 Å². The molecular weight excluding hydrogens is 478 g/mol. The Bertz CT molecular complexity index is 1070. The predicted molar refractivity (Wildman–Crippen MR) is 144 cm³/mol. The molecule has 0 aliphatic carbocycles. The molecule has 2 aromatic carbocycles. The van der Waals surface area contributed by atoms with E-state index in [0.717, 1.165) is 28.7 Å². The number of ether oxygens (including phenoxy) is 1. The molecule has 0 saturated carbocycles. The number of para-hydroxylation sites is 1. The SMILES string of the molecule is CCCCN(C(=O)CNC(=O)OC(C)(C)C)C(C(=O)Nc1c(C)cccc1Cl)c1cccc(C)c1C. The first kappa shape index (κ1) is 29.2. The van der Waals surface area contributed by atoms with Crippen LogP contribution in [0, 0.1) is 20.8 Å². The summed E-state index contributed by atoms with van der Waals surface area (Å²) in [5, 5.41) is 5.90. The molecule has 36 heavy (non-hydrogen) atoms. The van der Waals surface area contributed by atoms with Crippen LogP contribution in [0.15, 0.2) is 36.4 Å². The van der Waals surface area contributed by atoms with Gasteiger partial charge in [-0.1, -0.05) is 55.3 Å². The topological polar surface area (TPSA) is 87.7 Å². The minimum Gasteiger partial charge on any atom is -0.444 e. The smallest absolute Gasteiger partial charge is 0.408 e. The second kappa shape index (κ2) is 12.8. The number of rotatable bonds is 9. The van der Waals surface area contributed by atoms with Gasteiger partial charge in [0.05, 0.1) is 10.7 Å². The largest absolute Gasteiger partial charge is 0.444 e. The predicted octanol–water partition coefficient (Wildman–Crippen LogP) is 6.10. The molecule has 0 spiro atoms. The molecule has 7 nitrogen and oxygen atoms in total. The number of halogens is 1. The fourth-order valence-corrected chi connectivity index (χ4v) is 4.06. The maximum absolute atomic E-state index is 13.8. The molecule has 0 aliphatic rings. The monoisotopic (exact) mass is 515 g/mol. The lowest BCUT2D eigenvalue weighted by molar-refractivity contribution is -0.138. The van der Waals surface area contributed by atoms with Gasteiger partial charge in [0.25, 0.3) is 5.91 Å². The summed E-state index contributed by atoms with van der Waals surface area (Å²) in [6.45, 7) is 13.1. The molecule has 196 valence electrons. The Hall–Kier alpha value is -3.06. The summed E-state index contributed by atoms with van der Waals surface area (Å²) in [4.78, 5) is 41.0. The Balaban J connectivity index is 2.46. The molecular formula is C28H38ClN3O4. The van der Waals surface area contributed by atoms with Crippen molar-refractivity contribution in [1.82, 2.24) is 10.2 Å². The number of alkyl carbamates (subject to hydrolysis) is 1. The van der Waals surface area contributed by atoms with Crippen LogP contribution in [0.25, 0.3) is 0 Å². The van der Waals surface area contributed by atoms with Gasteiger partial charge in [-0.3, -0.25) is 9.59 Å². The van der Waals surface area contributed by atoms with Crippen LogP contribution in [-0.2, 0) is 14.3 Å². The Morgan fingerprint density at radius 2 is 1.67 bits per heavy atom.